The van der Waals surface area contributed by atoms with Gasteiger partial charge in [-0.15, -0.1) is 11.3 Å². The van der Waals surface area contributed by atoms with E-state index in [9.17, 15) is 22.8 Å². The number of hydrogen-bond donors (Lipinski definition) is 0. The van der Waals surface area contributed by atoms with Gasteiger partial charge >= 0.3 is 5.97 Å². The van der Waals surface area contributed by atoms with Crippen molar-refractivity contribution < 1.29 is 27.5 Å². The van der Waals surface area contributed by atoms with Gasteiger partial charge in [0.25, 0.3) is 0 Å². The lowest BCUT2D eigenvalue weighted by Gasteiger charge is -2.04. The Bertz CT molecular complexity index is 1010. The third kappa shape index (κ3) is 4.45. The number of thiazole rings is 1. The second kappa shape index (κ2) is 8.34. The molecule has 6 nitrogen and oxygen atoms in total. The summed E-state index contributed by atoms with van der Waals surface area (Å²) in [7, 11) is 0. The first-order chi connectivity index (χ1) is 13.4. The van der Waals surface area contributed by atoms with Crippen LogP contribution in [-0.2, 0) is 17.7 Å². The second-order valence-corrected chi connectivity index (χ2v) is 6.69. The minimum absolute atomic E-state index is 0.0126. The maximum Gasteiger partial charge on any atom is 0.357 e. The highest BCUT2D eigenvalue weighted by Gasteiger charge is 2.17. The lowest BCUT2D eigenvalue weighted by molar-refractivity contribution is 0.0520. The second-order valence-electron chi connectivity index (χ2n) is 5.75. The molecule has 0 aliphatic carbocycles. The molecule has 1 aromatic carbocycles. The standard InChI is InChI=1S/C18H14F3N3O3S/c1-2-27-18(26)14-8-28-16(23-14)5-15(25)13-7-24(9-22-13)6-10-3-11(19)17(21)12(20)4-10/h3-4,7-9H,2,5-6H2,1H3. The summed E-state index contributed by atoms with van der Waals surface area (Å²) in [5.41, 5.74) is 0.461. The monoisotopic (exact) mass is 409 g/mol. The third-order valence-corrected chi connectivity index (χ3v) is 4.52. The van der Waals surface area contributed by atoms with E-state index in [1.54, 1.807) is 6.92 Å². The van der Waals surface area contributed by atoms with E-state index < -0.39 is 23.4 Å². The topological polar surface area (TPSA) is 74.1 Å². The van der Waals surface area contributed by atoms with Crippen LogP contribution in [0.3, 0.4) is 0 Å². The molecule has 0 radical (unpaired) electrons. The molecule has 0 spiro atoms. The molecule has 0 aliphatic heterocycles. The van der Waals surface area contributed by atoms with Crippen molar-refractivity contribution in [3.05, 3.63) is 69.4 Å². The number of hydrogen-bond acceptors (Lipinski definition) is 6. The maximum atomic E-state index is 13.3. The molecule has 0 saturated carbocycles. The van der Waals surface area contributed by atoms with Crippen LogP contribution in [0.5, 0.6) is 0 Å². The smallest absolute Gasteiger partial charge is 0.357 e. The van der Waals surface area contributed by atoms with Crippen molar-refractivity contribution in [2.24, 2.45) is 0 Å². The van der Waals surface area contributed by atoms with E-state index >= 15 is 0 Å². The van der Waals surface area contributed by atoms with Crippen LogP contribution >= 0.6 is 11.3 Å². The van der Waals surface area contributed by atoms with Gasteiger partial charge in [0, 0.05) is 18.1 Å². The molecule has 2 aromatic heterocycles. The predicted molar refractivity (Wildman–Crippen MR) is 93.8 cm³/mol. The maximum absolute atomic E-state index is 13.3. The van der Waals surface area contributed by atoms with Gasteiger partial charge in [0.1, 0.15) is 10.7 Å². The highest BCUT2D eigenvalue weighted by molar-refractivity contribution is 7.09. The highest BCUT2D eigenvalue weighted by atomic mass is 32.1. The van der Waals surface area contributed by atoms with E-state index in [0.29, 0.717) is 5.01 Å². The fraction of sp³-hybridized carbons (Fsp3) is 0.222. The number of nitrogens with zero attached hydrogens (tertiary/aromatic N) is 3. The predicted octanol–water partition coefficient (Wildman–Crippen LogP) is 3.41. The van der Waals surface area contributed by atoms with Crippen LogP contribution in [0.15, 0.2) is 30.0 Å². The number of carbonyl (C=O) groups is 2. The van der Waals surface area contributed by atoms with Crippen molar-refractivity contribution in [2.45, 2.75) is 19.9 Å². The Morgan fingerprint density at radius 3 is 2.57 bits per heavy atom. The van der Waals surface area contributed by atoms with E-state index in [4.69, 9.17) is 4.74 Å². The van der Waals surface area contributed by atoms with Crippen LogP contribution < -0.4 is 0 Å². The molecule has 0 fully saturated rings. The molecule has 28 heavy (non-hydrogen) atoms. The zero-order valence-corrected chi connectivity index (χ0v) is 15.4. The summed E-state index contributed by atoms with van der Waals surface area (Å²) in [5, 5.41) is 1.95. The SMILES string of the molecule is CCOC(=O)c1csc(CC(=O)c2cn(Cc3cc(F)c(F)c(F)c3)cn2)n1. The summed E-state index contributed by atoms with van der Waals surface area (Å²) in [4.78, 5) is 32.0. The largest absolute Gasteiger partial charge is 0.461 e. The third-order valence-electron chi connectivity index (χ3n) is 3.68. The first kappa shape index (κ1) is 19.7. The normalized spacial score (nSPS) is 10.9. The summed E-state index contributed by atoms with van der Waals surface area (Å²) in [6.07, 6.45) is 2.69. The molecule has 2 heterocycles. The molecule has 0 atom stereocenters. The van der Waals surface area contributed by atoms with Crippen LogP contribution in [0, 0.1) is 17.5 Å². The van der Waals surface area contributed by atoms with Gasteiger partial charge in [-0.2, -0.15) is 0 Å². The van der Waals surface area contributed by atoms with Crippen molar-refractivity contribution in [2.75, 3.05) is 6.61 Å². The Morgan fingerprint density at radius 1 is 1.18 bits per heavy atom. The van der Waals surface area contributed by atoms with Gasteiger partial charge in [-0.05, 0) is 24.6 Å². The Labute approximate surface area is 161 Å². The van der Waals surface area contributed by atoms with Crippen LogP contribution in [0.4, 0.5) is 13.2 Å². The molecule has 0 N–H and O–H groups in total. The number of halogens is 3. The molecule has 0 bridgehead atoms. The molecule has 10 heteroatoms. The summed E-state index contributed by atoms with van der Waals surface area (Å²) in [6.45, 7) is 1.92. The van der Waals surface area contributed by atoms with Crippen molar-refractivity contribution in [1.29, 1.82) is 0 Å². The average Bonchev–Trinajstić information content (AvgIpc) is 3.29. The van der Waals surface area contributed by atoms with Crippen LogP contribution in [0.25, 0.3) is 0 Å². The van der Waals surface area contributed by atoms with Crippen molar-refractivity contribution in [1.82, 2.24) is 14.5 Å². The molecule has 3 rings (SSSR count). The Balaban J connectivity index is 1.67. The number of rotatable bonds is 7. The zero-order valence-electron chi connectivity index (χ0n) is 14.6. The fourth-order valence-electron chi connectivity index (χ4n) is 2.42. The number of benzene rings is 1. The Morgan fingerprint density at radius 2 is 1.89 bits per heavy atom. The van der Waals surface area contributed by atoms with Crippen molar-refractivity contribution in [3.8, 4) is 0 Å². The molecule has 0 aliphatic rings. The molecule has 0 saturated heterocycles. The van der Waals surface area contributed by atoms with Crippen molar-refractivity contribution in [3.63, 3.8) is 0 Å². The van der Waals surface area contributed by atoms with Gasteiger partial charge in [-0.1, -0.05) is 0 Å². The summed E-state index contributed by atoms with van der Waals surface area (Å²) < 4.78 is 45.9. The lowest BCUT2D eigenvalue weighted by Crippen LogP contribution is -2.07. The minimum atomic E-state index is -1.53. The van der Waals surface area contributed by atoms with Gasteiger partial charge in [-0.3, -0.25) is 4.79 Å². The number of Topliss-reactive ketones (excluding diaryl/α,β-unsaturated/α-hetero) is 1. The summed E-state index contributed by atoms with van der Waals surface area (Å²) in [6, 6.07) is 1.76. The molecule has 0 unspecified atom stereocenters. The minimum Gasteiger partial charge on any atom is -0.461 e. The Hall–Kier alpha value is -3.01. The number of esters is 1. The number of aromatic nitrogens is 3. The highest BCUT2D eigenvalue weighted by Crippen LogP contribution is 2.16. The van der Waals surface area contributed by atoms with Gasteiger partial charge < -0.3 is 9.30 Å². The van der Waals surface area contributed by atoms with E-state index in [-0.39, 0.29) is 42.3 Å². The first-order valence-electron chi connectivity index (χ1n) is 8.17. The Kier molecular flexibility index (Phi) is 5.88. The van der Waals surface area contributed by atoms with Crippen LogP contribution in [0.2, 0.25) is 0 Å². The van der Waals surface area contributed by atoms with Gasteiger partial charge in [0.2, 0.25) is 0 Å². The molecular weight excluding hydrogens is 395 g/mol. The number of imidazole rings is 1. The van der Waals surface area contributed by atoms with Gasteiger partial charge in [0.15, 0.2) is 28.9 Å². The van der Waals surface area contributed by atoms with Crippen molar-refractivity contribution >= 4 is 23.1 Å². The number of carbonyl (C=O) groups excluding carboxylic acids is 2. The van der Waals surface area contributed by atoms with E-state index in [2.05, 4.69) is 9.97 Å². The molecule has 146 valence electrons. The molecular formula is C18H14F3N3O3S. The average molecular weight is 409 g/mol. The number of ether oxygens (including phenoxy) is 1. The van der Waals surface area contributed by atoms with Crippen LogP contribution in [0.1, 0.15) is 38.5 Å². The van der Waals surface area contributed by atoms with Gasteiger partial charge in [0.05, 0.1) is 19.4 Å². The van der Waals surface area contributed by atoms with E-state index in [1.807, 2.05) is 0 Å². The molecule has 0 amide bonds. The lowest BCUT2D eigenvalue weighted by atomic mass is 10.2. The summed E-state index contributed by atoms with van der Waals surface area (Å²) >= 11 is 1.15. The van der Waals surface area contributed by atoms with E-state index in [0.717, 1.165) is 23.5 Å². The van der Waals surface area contributed by atoms with E-state index in [1.165, 1.54) is 22.5 Å². The molecule has 3 aromatic rings. The summed E-state index contributed by atoms with van der Waals surface area (Å²) in [5.74, 6) is -4.99. The quantitative estimate of drug-likeness (QED) is 0.340. The van der Waals surface area contributed by atoms with Gasteiger partial charge in [-0.25, -0.2) is 27.9 Å². The first-order valence-corrected chi connectivity index (χ1v) is 9.05. The zero-order chi connectivity index (χ0) is 20.3. The fourth-order valence-corrected chi connectivity index (χ4v) is 3.18. The van der Waals surface area contributed by atoms with Crippen LogP contribution in [-0.4, -0.2) is 32.9 Å². The number of ketones is 1.